The Morgan fingerprint density at radius 1 is 1.24 bits per heavy atom. The Kier molecular flexibility index (Phi) is 3.94. The number of pyridine rings is 1. The summed E-state index contributed by atoms with van der Waals surface area (Å²) in [7, 11) is 0. The number of benzene rings is 1. The predicted octanol–water partition coefficient (Wildman–Crippen LogP) is 2.69. The van der Waals surface area contributed by atoms with Crippen molar-refractivity contribution in [3.8, 4) is 0 Å². The number of hydrogen-bond acceptors (Lipinski definition) is 4. The van der Waals surface area contributed by atoms with Gasteiger partial charge in [-0.1, -0.05) is 24.3 Å². The van der Waals surface area contributed by atoms with Gasteiger partial charge >= 0.3 is 0 Å². The first kappa shape index (κ1) is 13.7. The van der Waals surface area contributed by atoms with E-state index >= 15 is 0 Å². The average Bonchev–Trinajstić information content (AvgIpc) is 2.97. The molecule has 2 heterocycles. The van der Waals surface area contributed by atoms with Crippen molar-refractivity contribution in [2.24, 2.45) is 5.73 Å². The summed E-state index contributed by atoms with van der Waals surface area (Å²) in [6.45, 7) is 1.44. The lowest BCUT2D eigenvalue weighted by atomic mass is 10.1. The number of nitrogens with two attached hydrogens (primary N) is 1. The van der Waals surface area contributed by atoms with E-state index < -0.39 is 0 Å². The summed E-state index contributed by atoms with van der Waals surface area (Å²) in [4.78, 5) is 16.6. The molecule has 0 bridgehead atoms. The lowest BCUT2D eigenvalue weighted by molar-refractivity contribution is 0.100. The first-order valence-electron chi connectivity index (χ1n) is 6.64. The largest absolute Gasteiger partial charge is 0.366 e. The molecule has 3 N–H and O–H groups in total. The molecular formula is C16H15N3OS. The van der Waals surface area contributed by atoms with Crippen LogP contribution in [-0.2, 0) is 13.1 Å². The summed E-state index contributed by atoms with van der Waals surface area (Å²) in [6, 6.07) is 12.0. The number of para-hydroxylation sites is 1. The molecule has 3 rings (SSSR count). The van der Waals surface area contributed by atoms with Gasteiger partial charge in [-0.25, -0.2) is 0 Å². The highest BCUT2D eigenvalue weighted by molar-refractivity contribution is 7.10. The van der Waals surface area contributed by atoms with Crippen molar-refractivity contribution in [1.82, 2.24) is 10.3 Å². The average molecular weight is 297 g/mol. The van der Waals surface area contributed by atoms with Crippen LogP contribution >= 0.6 is 11.3 Å². The van der Waals surface area contributed by atoms with Gasteiger partial charge in [0.1, 0.15) is 0 Å². The number of rotatable bonds is 5. The highest BCUT2D eigenvalue weighted by Gasteiger charge is 2.05. The van der Waals surface area contributed by atoms with Crippen LogP contribution in [0.5, 0.6) is 0 Å². The van der Waals surface area contributed by atoms with Crippen molar-refractivity contribution in [3.63, 3.8) is 0 Å². The molecule has 0 saturated carbocycles. The SMILES string of the molecule is NC(=O)c1csc(CNCc2cccc3cccnc23)c1. The molecule has 4 nitrogen and oxygen atoms in total. The third-order valence-electron chi connectivity index (χ3n) is 3.27. The monoisotopic (exact) mass is 297 g/mol. The summed E-state index contributed by atoms with van der Waals surface area (Å²) in [5.74, 6) is -0.379. The number of nitrogens with zero attached hydrogens (tertiary/aromatic N) is 1. The van der Waals surface area contributed by atoms with Gasteiger partial charge in [0.2, 0.25) is 5.91 Å². The second-order valence-electron chi connectivity index (χ2n) is 4.76. The third-order valence-corrected chi connectivity index (χ3v) is 4.21. The third kappa shape index (κ3) is 3.09. The summed E-state index contributed by atoms with van der Waals surface area (Å²) in [5, 5.41) is 6.31. The molecule has 0 aliphatic carbocycles. The molecule has 1 amide bonds. The van der Waals surface area contributed by atoms with Crippen molar-refractivity contribution in [3.05, 3.63) is 64.0 Å². The van der Waals surface area contributed by atoms with Crippen molar-refractivity contribution >= 4 is 28.1 Å². The highest BCUT2D eigenvalue weighted by Crippen LogP contribution is 2.17. The van der Waals surface area contributed by atoms with E-state index in [9.17, 15) is 4.79 Å². The van der Waals surface area contributed by atoms with Gasteiger partial charge in [0.15, 0.2) is 0 Å². The van der Waals surface area contributed by atoms with Crippen molar-refractivity contribution in [1.29, 1.82) is 0 Å². The number of amides is 1. The van der Waals surface area contributed by atoms with Crippen molar-refractivity contribution in [2.45, 2.75) is 13.1 Å². The van der Waals surface area contributed by atoms with Gasteiger partial charge in [0.25, 0.3) is 0 Å². The topological polar surface area (TPSA) is 68.0 Å². The molecule has 1 aromatic carbocycles. The van der Waals surface area contributed by atoms with Crippen LogP contribution in [0, 0.1) is 0 Å². The molecule has 0 aliphatic rings. The maximum atomic E-state index is 11.1. The molecule has 21 heavy (non-hydrogen) atoms. The Labute approximate surface area is 126 Å². The van der Waals surface area contributed by atoms with E-state index in [0.29, 0.717) is 12.1 Å². The van der Waals surface area contributed by atoms with E-state index in [1.807, 2.05) is 24.4 Å². The highest BCUT2D eigenvalue weighted by atomic mass is 32.1. The molecule has 0 spiro atoms. The van der Waals surface area contributed by atoms with Crippen molar-refractivity contribution < 1.29 is 4.79 Å². The van der Waals surface area contributed by atoms with Crippen molar-refractivity contribution in [2.75, 3.05) is 0 Å². The lowest BCUT2D eigenvalue weighted by Gasteiger charge is -2.06. The minimum atomic E-state index is -0.379. The van der Waals surface area contributed by atoms with Gasteiger partial charge in [-0.3, -0.25) is 9.78 Å². The number of carbonyl (C=O) groups is 1. The molecule has 5 heteroatoms. The maximum Gasteiger partial charge on any atom is 0.249 e. The first-order chi connectivity index (χ1) is 10.2. The summed E-state index contributed by atoms with van der Waals surface area (Å²) in [5.41, 5.74) is 8.01. The van der Waals surface area contributed by atoms with E-state index in [2.05, 4.69) is 28.5 Å². The Hall–Kier alpha value is -2.24. The lowest BCUT2D eigenvalue weighted by Crippen LogP contribution is -2.13. The zero-order valence-electron chi connectivity index (χ0n) is 11.4. The Bertz CT molecular complexity index is 777. The van der Waals surface area contributed by atoms with Crippen LogP contribution in [0.3, 0.4) is 0 Å². The smallest absolute Gasteiger partial charge is 0.249 e. The van der Waals surface area contributed by atoms with Gasteiger partial charge < -0.3 is 11.1 Å². The standard InChI is InChI=1S/C16H15N3OS/c17-16(20)13-7-14(21-10-13)9-18-8-12-4-1-3-11-5-2-6-19-15(11)12/h1-7,10,18H,8-9H2,(H2,17,20). The van der Waals surface area contributed by atoms with Gasteiger partial charge in [-0.15, -0.1) is 11.3 Å². The summed E-state index contributed by atoms with van der Waals surface area (Å²) in [6.07, 6.45) is 1.81. The molecule has 0 unspecified atom stereocenters. The van der Waals surface area contributed by atoms with Gasteiger partial charge in [-0.2, -0.15) is 0 Å². The molecule has 0 radical (unpaired) electrons. The van der Waals surface area contributed by atoms with Crippen LogP contribution in [0.25, 0.3) is 10.9 Å². The zero-order chi connectivity index (χ0) is 14.7. The molecule has 106 valence electrons. The number of aromatic nitrogens is 1. The molecular weight excluding hydrogens is 282 g/mol. The molecule has 0 saturated heterocycles. The predicted molar refractivity (Wildman–Crippen MR) is 85.1 cm³/mol. The minimum Gasteiger partial charge on any atom is -0.366 e. The summed E-state index contributed by atoms with van der Waals surface area (Å²) < 4.78 is 0. The Morgan fingerprint density at radius 2 is 2.10 bits per heavy atom. The van der Waals surface area contributed by atoms with Gasteiger partial charge in [0, 0.05) is 34.9 Å². The second kappa shape index (κ2) is 6.03. The quantitative estimate of drug-likeness (QED) is 0.761. The molecule has 3 aromatic rings. The number of hydrogen-bond donors (Lipinski definition) is 2. The minimum absolute atomic E-state index is 0.379. The van der Waals surface area contributed by atoms with E-state index in [1.165, 1.54) is 16.9 Å². The maximum absolute atomic E-state index is 11.1. The molecule has 0 fully saturated rings. The number of nitrogens with one attached hydrogen (secondary N) is 1. The zero-order valence-corrected chi connectivity index (χ0v) is 12.2. The number of fused-ring (bicyclic) bond motifs is 1. The Morgan fingerprint density at radius 3 is 2.90 bits per heavy atom. The van der Waals surface area contributed by atoms with Gasteiger partial charge in [-0.05, 0) is 17.7 Å². The normalized spacial score (nSPS) is 10.9. The summed E-state index contributed by atoms with van der Waals surface area (Å²) >= 11 is 1.54. The number of thiophene rings is 1. The van der Waals surface area contributed by atoms with Crippen LogP contribution in [0.15, 0.2) is 48.0 Å². The first-order valence-corrected chi connectivity index (χ1v) is 7.52. The Balaban J connectivity index is 1.68. The van der Waals surface area contributed by atoms with Crippen LogP contribution in [0.1, 0.15) is 20.8 Å². The van der Waals surface area contributed by atoms with Crippen LogP contribution in [0.2, 0.25) is 0 Å². The fourth-order valence-corrected chi connectivity index (χ4v) is 3.08. The second-order valence-corrected chi connectivity index (χ2v) is 5.76. The van der Waals surface area contributed by atoms with Crippen LogP contribution < -0.4 is 11.1 Å². The van der Waals surface area contributed by atoms with Crippen LogP contribution in [0.4, 0.5) is 0 Å². The number of primary amides is 1. The fourth-order valence-electron chi connectivity index (χ4n) is 2.23. The number of carbonyl (C=O) groups excluding carboxylic acids is 1. The molecule has 0 atom stereocenters. The van der Waals surface area contributed by atoms with E-state index in [1.54, 1.807) is 5.38 Å². The van der Waals surface area contributed by atoms with E-state index in [0.717, 1.165) is 22.3 Å². The van der Waals surface area contributed by atoms with E-state index in [4.69, 9.17) is 5.73 Å². The van der Waals surface area contributed by atoms with Crippen LogP contribution in [-0.4, -0.2) is 10.9 Å². The van der Waals surface area contributed by atoms with Gasteiger partial charge in [0.05, 0.1) is 11.1 Å². The molecule has 0 aliphatic heterocycles. The fraction of sp³-hybridized carbons (Fsp3) is 0.125. The van der Waals surface area contributed by atoms with E-state index in [-0.39, 0.29) is 5.91 Å². The molecule has 2 aromatic heterocycles.